The van der Waals surface area contributed by atoms with E-state index in [4.69, 9.17) is 5.26 Å². The second-order valence-electron chi connectivity index (χ2n) is 6.55. The smallest absolute Gasteiger partial charge is 0.350 e. The van der Waals surface area contributed by atoms with E-state index in [1.165, 1.54) is 24.9 Å². The molecule has 1 unspecified atom stereocenters. The number of hydrogen-bond acceptors (Lipinski definition) is 3. The summed E-state index contributed by atoms with van der Waals surface area (Å²) in [6, 6.07) is 2.04. The Labute approximate surface area is 159 Å². The summed E-state index contributed by atoms with van der Waals surface area (Å²) in [4.78, 5) is 14.5. The Kier molecular flexibility index (Phi) is 7.34. The van der Waals surface area contributed by atoms with Gasteiger partial charge in [-0.25, -0.2) is 0 Å². The molecule has 1 aromatic carbocycles. The lowest BCUT2D eigenvalue weighted by atomic mass is 10.0. The number of anilines is 1. The molecule has 0 heterocycles. The highest BCUT2D eigenvalue weighted by Crippen LogP contribution is 2.36. The van der Waals surface area contributed by atoms with Crippen LogP contribution in [-0.4, -0.2) is 42.7 Å². The topological polar surface area (TPSA) is 47.3 Å². The average molecular weight is 409 g/mol. The third kappa shape index (κ3) is 5.78. The molecule has 0 aliphatic rings. The van der Waals surface area contributed by atoms with Crippen molar-refractivity contribution in [2.45, 2.75) is 51.6 Å². The molecule has 1 atom stereocenters. The number of rotatable bonds is 6. The van der Waals surface area contributed by atoms with Gasteiger partial charge in [-0.3, -0.25) is 4.79 Å². The lowest BCUT2D eigenvalue weighted by Gasteiger charge is -2.36. The minimum Gasteiger partial charge on any atom is -0.350 e. The van der Waals surface area contributed by atoms with Crippen LogP contribution < -0.4 is 4.90 Å². The van der Waals surface area contributed by atoms with Crippen molar-refractivity contribution in [1.29, 1.82) is 5.26 Å². The zero-order valence-electron chi connectivity index (χ0n) is 15.8. The lowest BCUT2D eigenvalue weighted by molar-refractivity contribution is -0.137. The number of nitrogens with zero attached hydrogens (tertiary/aromatic N) is 3. The monoisotopic (exact) mass is 409 g/mol. The first-order chi connectivity index (χ1) is 12.7. The van der Waals surface area contributed by atoms with Crippen LogP contribution in [0, 0.1) is 11.3 Å². The first-order valence-corrected chi connectivity index (χ1v) is 8.44. The maximum Gasteiger partial charge on any atom is 0.417 e. The molecule has 28 heavy (non-hydrogen) atoms. The SMILES string of the molecule is CCC(C(=O)N(C)C(C)C)N(CC(F)(F)F)c1ccc(C#N)c(C(F)(F)F)c1. The van der Waals surface area contributed by atoms with Crippen molar-refractivity contribution >= 4 is 11.6 Å². The number of amides is 1. The number of hydrogen-bond donors (Lipinski definition) is 0. The molecule has 0 fully saturated rings. The molecular formula is C18H21F6N3O. The molecule has 0 aliphatic heterocycles. The highest BCUT2D eigenvalue weighted by molar-refractivity contribution is 5.85. The first kappa shape index (κ1) is 23.6. The van der Waals surface area contributed by atoms with Crippen LogP contribution in [0.1, 0.15) is 38.3 Å². The van der Waals surface area contributed by atoms with Gasteiger partial charge in [-0.15, -0.1) is 0 Å². The van der Waals surface area contributed by atoms with Crippen LogP contribution in [0.5, 0.6) is 0 Å². The van der Waals surface area contributed by atoms with Gasteiger partial charge in [0.1, 0.15) is 12.6 Å². The molecule has 0 aliphatic carbocycles. The predicted molar refractivity (Wildman–Crippen MR) is 91.5 cm³/mol. The zero-order valence-corrected chi connectivity index (χ0v) is 15.8. The van der Waals surface area contributed by atoms with Crippen LogP contribution in [0.4, 0.5) is 32.0 Å². The second-order valence-corrected chi connectivity index (χ2v) is 6.55. The van der Waals surface area contributed by atoms with E-state index in [0.29, 0.717) is 11.0 Å². The van der Waals surface area contributed by atoms with Crippen molar-refractivity contribution < 1.29 is 31.1 Å². The van der Waals surface area contributed by atoms with E-state index in [-0.39, 0.29) is 12.5 Å². The largest absolute Gasteiger partial charge is 0.417 e. The Balaban J connectivity index is 3.54. The molecule has 0 aromatic heterocycles. The van der Waals surface area contributed by atoms with E-state index in [2.05, 4.69) is 0 Å². The van der Waals surface area contributed by atoms with Crippen molar-refractivity contribution in [3.8, 4) is 6.07 Å². The van der Waals surface area contributed by atoms with Gasteiger partial charge < -0.3 is 9.80 Å². The number of likely N-dealkylation sites (N-methyl/N-ethyl adjacent to an activating group) is 1. The molecule has 0 N–H and O–H groups in total. The van der Waals surface area contributed by atoms with Crippen LogP contribution >= 0.6 is 0 Å². The van der Waals surface area contributed by atoms with Crippen molar-refractivity contribution in [2.24, 2.45) is 0 Å². The third-order valence-corrected chi connectivity index (χ3v) is 4.28. The minimum absolute atomic E-state index is 0.0483. The third-order valence-electron chi connectivity index (χ3n) is 4.28. The summed E-state index contributed by atoms with van der Waals surface area (Å²) in [5, 5.41) is 8.87. The number of alkyl halides is 6. The van der Waals surface area contributed by atoms with Crippen LogP contribution in [0.25, 0.3) is 0 Å². The lowest BCUT2D eigenvalue weighted by Crippen LogP contribution is -2.52. The summed E-state index contributed by atoms with van der Waals surface area (Å²) in [6.45, 7) is 3.21. The molecule has 1 rings (SSSR count). The number of carbonyl (C=O) groups excluding carboxylic acids is 1. The highest BCUT2D eigenvalue weighted by Gasteiger charge is 2.39. The van der Waals surface area contributed by atoms with E-state index < -0.39 is 47.7 Å². The van der Waals surface area contributed by atoms with Crippen molar-refractivity contribution in [3.05, 3.63) is 29.3 Å². The summed E-state index contributed by atoms with van der Waals surface area (Å²) >= 11 is 0. The molecule has 0 saturated carbocycles. The summed E-state index contributed by atoms with van der Waals surface area (Å²) in [7, 11) is 1.42. The number of carbonyl (C=O) groups is 1. The summed E-state index contributed by atoms with van der Waals surface area (Å²) in [5.74, 6) is -0.639. The standard InChI is InChI=1S/C18H21F6N3O/c1-5-15(16(28)26(4)11(2)3)27(10-17(19,20)21)13-7-6-12(9-25)14(8-13)18(22,23)24/h6-8,11,15H,5,10H2,1-4H3. The van der Waals surface area contributed by atoms with Crippen LogP contribution in [0.2, 0.25) is 0 Å². The van der Waals surface area contributed by atoms with Gasteiger partial charge in [0.15, 0.2) is 0 Å². The Morgan fingerprint density at radius 3 is 2.14 bits per heavy atom. The highest BCUT2D eigenvalue weighted by atomic mass is 19.4. The van der Waals surface area contributed by atoms with E-state index in [1.54, 1.807) is 13.8 Å². The van der Waals surface area contributed by atoms with E-state index in [0.717, 1.165) is 12.1 Å². The molecule has 1 amide bonds. The molecule has 156 valence electrons. The minimum atomic E-state index is -4.93. The molecular weight excluding hydrogens is 388 g/mol. The maximum absolute atomic E-state index is 13.2. The number of benzene rings is 1. The van der Waals surface area contributed by atoms with Gasteiger partial charge in [-0.1, -0.05) is 6.92 Å². The molecule has 0 spiro atoms. The summed E-state index contributed by atoms with van der Waals surface area (Å²) in [6.07, 6.45) is -9.73. The van der Waals surface area contributed by atoms with E-state index in [1.807, 2.05) is 0 Å². The Hall–Kier alpha value is -2.44. The molecule has 0 radical (unpaired) electrons. The van der Waals surface area contributed by atoms with Crippen molar-refractivity contribution in [1.82, 2.24) is 4.90 Å². The van der Waals surface area contributed by atoms with Gasteiger partial charge >= 0.3 is 12.4 Å². The predicted octanol–water partition coefficient (Wildman–Crippen LogP) is 4.59. The molecule has 0 bridgehead atoms. The van der Waals surface area contributed by atoms with Crippen molar-refractivity contribution in [2.75, 3.05) is 18.5 Å². The van der Waals surface area contributed by atoms with Crippen LogP contribution in [0.3, 0.4) is 0 Å². The maximum atomic E-state index is 13.2. The summed E-state index contributed by atoms with van der Waals surface area (Å²) < 4.78 is 79.1. The number of nitriles is 1. The number of halogens is 6. The normalized spacial score (nSPS) is 13.2. The molecule has 1 aromatic rings. The average Bonchev–Trinajstić information content (AvgIpc) is 2.58. The van der Waals surface area contributed by atoms with Crippen LogP contribution in [0.15, 0.2) is 18.2 Å². The second kappa shape index (κ2) is 8.71. The van der Waals surface area contributed by atoms with E-state index in [9.17, 15) is 31.1 Å². The Morgan fingerprint density at radius 2 is 1.75 bits per heavy atom. The van der Waals surface area contributed by atoms with Crippen LogP contribution in [-0.2, 0) is 11.0 Å². The fourth-order valence-corrected chi connectivity index (χ4v) is 2.64. The quantitative estimate of drug-likeness (QED) is 0.646. The van der Waals surface area contributed by atoms with Gasteiger partial charge in [0, 0.05) is 18.8 Å². The van der Waals surface area contributed by atoms with Crippen molar-refractivity contribution in [3.63, 3.8) is 0 Å². The molecule has 10 heteroatoms. The van der Waals surface area contributed by atoms with Gasteiger partial charge in [-0.2, -0.15) is 31.6 Å². The summed E-state index contributed by atoms with van der Waals surface area (Å²) in [5.41, 5.74) is -2.48. The fourth-order valence-electron chi connectivity index (χ4n) is 2.64. The van der Waals surface area contributed by atoms with E-state index >= 15 is 0 Å². The van der Waals surface area contributed by atoms with Gasteiger partial charge in [-0.05, 0) is 38.5 Å². The molecule has 4 nitrogen and oxygen atoms in total. The van der Waals surface area contributed by atoms with Gasteiger partial charge in [0.2, 0.25) is 5.91 Å². The molecule has 0 saturated heterocycles. The Bertz CT molecular complexity index is 736. The Morgan fingerprint density at radius 1 is 1.18 bits per heavy atom. The van der Waals surface area contributed by atoms with Gasteiger partial charge in [0.05, 0.1) is 17.2 Å². The first-order valence-electron chi connectivity index (χ1n) is 8.44. The zero-order chi connectivity index (χ0) is 21.9. The fraction of sp³-hybridized carbons (Fsp3) is 0.556. The van der Waals surface area contributed by atoms with Gasteiger partial charge in [0.25, 0.3) is 0 Å².